The van der Waals surface area contributed by atoms with E-state index in [1.165, 1.54) is 20.8 Å². The van der Waals surface area contributed by atoms with Crippen molar-refractivity contribution < 1.29 is 39.5 Å². The van der Waals surface area contributed by atoms with Gasteiger partial charge in [-0.3, -0.25) is 9.59 Å². The molecule has 1 aliphatic rings. The number of aliphatic hydroxyl groups excluding tert-OH is 2. The van der Waals surface area contributed by atoms with Crippen LogP contribution in [0.5, 0.6) is 0 Å². The van der Waals surface area contributed by atoms with Crippen molar-refractivity contribution in [3.05, 3.63) is 0 Å². The number of carbonyl (C=O) groups excluding carboxylic acids is 2. The number of aliphatic carboxylic acids is 1. The maximum atomic E-state index is 11.3. The first-order valence-corrected chi connectivity index (χ1v) is 7.02. The lowest BCUT2D eigenvalue weighted by Gasteiger charge is -2.45. The van der Waals surface area contributed by atoms with E-state index >= 15 is 0 Å². The molecule has 6 atom stereocenters. The van der Waals surface area contributed by atoms with Gasteiger partial charge in [-0.25, -0.2) is 4.79 Å². The number of carboxylic acid groups (broad SMARTS) is 1. The van der Waals surface area contributed by atoms with Gasteiger partial charge in [-0.15, -0.1) is 0 Å². The van der Waals surface area contributed by atoms with Gasteiger partial charge < -0.3 is 35.8 Å². The molecule has 0 aromatic carbocycles. The number of ether oxygens (including phenoxy) is 1. The molecular formula is C13H22N2O8. The Morgan fingerprint density at radius 3 is 2.22 bits per heavy atom. The normalized spacial score (nSPS) is 33.4. The van der Waals surface area contributed by atoms with Crippen LogP contribution in [0, 0.1) is 0 Å². The molecule has 1 aliphatic heterocycles. The van der Waals surface area contributed by atoms with Crippen molar-refractivity contribution in [2.45, 2.75) is 63.4 Å². The summed E-state index contributed by atoms with van der Waals surface area (Å²) in [6, 6.07) is -2.29. The maximum absolute atomic E-state index is 11.3. The fraction of sp³-hybridized carbons (Fsp3) is 0.769. The average Bonchev–Trinajstić information content (AvgIpc) is 2.38. The fourth-order valence-electron chi connectivity index (χ4n) is 2.54. The van der Waals surface area contributed by atoms with E-state index in [2.05, 4.69) is 10.6 Å². The fourth-order valence-corrected chi connectivity index (χ4v) is 2.54. The van der Waals surface area contributed by atoms with Gasteiger partial charge in [-0.2, -0.15) is 0 Å². The molecule has 1 saturated heterocycles. The van der Waals surface area contributed by atoms with E-state index in [0.717, 1.165) is 0 Å². The van der Waals surface area contributed by atoms with E-state index in [1.807, 2.05) is 0 Å². The summed E-state index contributed by atoms with van der Waals surface area (Å²) in [6.45, 7) is 3.67. The monoisotopic (exact) mass is 334 g/mol. The van der Waals surface area contributed by atoms with Gasteiger partial charge in [0.05, 0.1) is 24.3 Å². The Bertz CT molecular complexity index is 465. The van der Waals surface area contributed by atoms with Crippen molar-refractivity contribution >= 4 is 17.8 Å². The maximum Gasteiger partial charge on any atom is 0.364 e. The van der Waals surface area contributed by atoms with Crippen molar-refractivity contribution in [3.8, 4) is 0 Å². The lowest BCUT2D eigenvalue weighted by atomic mass is 9.87. The van der Waals surface area contributed by atoms with Gasteiger partial charge in [0.1, 0.15) is 6.10 Å². The van der Waals surface area contributed by atoms with Crippen molar-refractivity contribution in [2.75, 3.05) is 0 Å². The lowest BCUT2D eigenvalue weighted by Crippen LogP contribution is -2.69. The SMILES string of the molecule is CC(=O)NC1C(O)CC(O)(C(=O)O)OC1[C@@H](NC(C)=O)[C@H](C)O. The number of carbonyl (C=O) groups is 3. The minimum absolute atomic E-state index is 0.532. The summed E-state index contributed by atoms with van der Waals surface area (Å²) in [5, 5.41) is 43.8. The van der Waals surface area contributed by atoms with Crippen molar-refractivity contribution in [1.29, 1.82) is 0 Å². The first-order chi connectivity index (χ1) is 10.5. The number of amides is 2. The standard InChI is InChI=1S/C13H22N2O8/c1-5(16)9(14-6(2)17)11-10(15-7(3)18)8(19)4-13(22,23-11)12(20)21/h5,8-11,16,19,22H,4H2,1-3H3,(H,14,17)(H,15,18)(H,20,21)/t5-,8?,9-,10?,11?,13?/m0/s1. The van der Waals surface area contributed by atoms with Gasteiger partial charge in [-0.05, 0) is 6.92 Å². The molecule has 0 aromatic rings. The summed E-state index contributed by atoms with van der Waals surface area (Å²) in [4.78, 5) is 33.8. The molecule has 0 bridgehead atoms. The summed E-state index contributed by atoms with van der Waals surface area (Å²) >= 11 is 0. The zero-order chi connectivity index (χ0) is 17.9. The molecule has 0 saturated carbocycles. The molecule has 6 N–H and O–H groups in total. The van der Waals surface area contributed by atoms with Crippen LogP contribution in [0.15, 0.2) is 0 Å². The summed E-state index contributed by atoms with van der Waals surface area (Å²) in [5.41, 5.74) is 0. The van der Waals surface area contributed by atoms with Crippen LogP contribution in [0.25, 0.3) is 0 Å². The molecule has 23 heavy (non-hydrogen) atoms. The molecule has 0 radical (unpaired) electrons. The molecule has 10 nitrogen and oxygen atoms in total. The number of aliphatic hydroxyl groups is 3. The Morgan fingerprint density at radius 2 is 1.83 bits per heavy atom. The molecule has 0 aromatic heterocycles. The Hall–Kier alpha value is -1.75. The van der Waals surface area contributed by atoms with Gasteiger partial charge in [0.15, 0.2) is 0 Å². The molecule has 0 aliphatic carbocycles. The molecule has 4 unspecified atom stereocenters. The van der Waals surface area contributed by atoms with Crippen molar-refractivity contribution in [2.24, 2.45) is 0 Å². The predicted octanol–water partition coefficient (Wildman–Crippen LogP) is -2.70. The predicted molar refractivity (Wildman–Crippen MR) is 75.0 cm³/mol. The summed E-state index contributed by atoms with van der Waals surface area (Å²) in [5.74, 6) is -5.50. The van der Waals surface area contributed by atoms with Crippen molar-refractivity contribution in [1.82, 2.24) is 10.6 Å². The molecule has 10 heteroatoms. The zero-order valence-corrected chi connectivity index (χ0v) is 13.0. The Morgan fingerprint density at radius 1 is 1.26 bits per heavy atom. The molecule has 2 amide bonds. The zero-order valence-electron chi connectivity index (χ0n) is 13.0. The highest BCUT2D eigenvalue weighted by Crippen LogP contribution is 2.30. The van der Waals surface area contributed by atoms with E-state index in [-0.39, 0.29) is 0 Å². The minimum atomic E-state index is -2.70. The summed E-state index contributed by atoms with van der Waals surface area (Å²) < 4.78 is 5.15. The Labute approximate surface area is 132 Å². The summed E-state index contributed by atoms with van der Waals surface area (Å²) in [7, 11) is 0. The number of hydrogen-bond acceptors (Lipinski definition) is 7. The van der Waals surface area contributed by atoms with E-state index in [1.54, 1.807) is 0 Å². The van der Waals surface area contributed by atoms with Crippen molar-refractivity contribution in [3.63, 3.8) is 0 Å². The van der Waals surface area contributed by atoms with Crippen LogP contribution in [0.4, 0.5) is 0 Å². The quantitative estimate of drug-likeness (QED) is 0.316. The van der Waals surface area contributed by atoms with Crippen LogP contribution in [-0.4, -0.2) is 74.4 Å². The number of carboxylic acids is 1. The van der Waals surface area contributed by atoms with Crippen LogP contribution in [0.2, 0.25) is 0 Å². The number of rotatable bonds is 5. The van der Waals surface area contributed by atoms with Crippen LogP contribution >= 0.6 is 0 Å². The van der Waals surface area contributed by atoms with Crippen LogP contribution < -0.4 is 10.6 Å². The molecule has 132 valence electrons. The molecular weight excluding hydrogens is 312 g/mol. The van der Waals surface area contributed by atoms with E-state index in [0.29, 0.717) is 0 Å². The summed E-state index contributed by atoms with van der Waals surface area (Å²) in [6.07, 6.45) is -4.72. The Kier molecular flexibility index (Phi) is 6.05. The number of nitrogens with one attached hydrogen (secondary N) is 2. The van der Waals surface area contributed by atoms with Gasteiger partial charge in [0.25, 0.3) is 5.79 Å². The average molecular weight is 334 g/mol. The first-order valence-electron chi connectivity index (χ1n) is 7.02. The minimum Gasteiger partial charge on any atom is -0.477 e. The highest BCUT2D eigenvalue weighted by molar-refractivity contribution is 5.76. The number of hydrogen-bond donors (Lipinski definition) is 6. The third kappa shape index (κ3) is 4.61. The van der Waals surface area contributed by atoms with E-state index < -0.39 is 60.4 Å². The molecule has 1 rings (SSSR count). The molecule has 1 heterocycles. The highest BCUT2D eigenvalue weighted by Gasteiger charge is 2.53. The molecule has 0 spiro atoms. The lowest BCUT2D eigenvalue weighted by molar-refractivity contribution is -0.283. The highest BCUT2D eigenvalue weighted by atomic mass is 16.7. The van der Waals surface area contributed by atoms with Crippen LogP contribution in [-0.2, 0) is 19.1 Å². The largest absolute Gasteiger partial charge is 0.477 e. The third-order valence-electron chi connectivity index (χ3n) is 3.53. The second kappa shape index (κ2) is 7.21. The second-order valence-corrected chi connectivity index (χ2v) is 5.64. The Balaban J connectivity index is 3.21. The second-order valence-electron chi connectivity index (χ2n) is 5.64. The third-order valence-corrected chi connectivity index (χ3v) is 3.53. The van der Waals surface area contributed by atoms with E-state index in [4.69, 9.17) is 9.84 Å². The topological polar surface area (TPSA) is 165 Å². The van der Waals surface area contributed by atoms with Gasteiger partial charge in [0, 0.05) is 20.3 Å². The van der Waals surface area contributed by atoms with Crippen LogP contribution in [0.3, 0.4) is 0 Å². The first kappa shape index (κ1) is 19.3. The smallest absolute Gasteiger partial charge is 0.364 e. The van der Waals surface area contributed by atoms with E-state index in [9.17, 15) is 29.7 Å². The van der Waals surface area contributed by atoms with Gasteiger partial charge in [-0.1, -0.05) is 0 Å². The van der Waals surface area contributed by atoms with Crippen LogP contribution in [0.1, 0.15) is 27.2 Å². The van der Waals surface area contributed by atoms with Gasteiger partial charge in [0.2, 0.25) is 11.8 Å². The van der Waals surface area contributed by atoms with Gasteiger partial charge >= 0.3 is 5.97 Å². The molecule has 1 fully saturated rings.